The van der Waals surface area contributed by atoms with Gasteiger partial charge in [-0.15, -0.1) is 11.3 Å². The largest absolute Gasteiger partial charge is 0.343 e. The Kier molecular flexibility index (Phi) is 4.54. The van der Waals surface area contributed by atoms with Gasteiger partial charge in [-0.05, 0) is 29.5 Å². The molecule has 3 heterocycles. The Hall–Kier alpha value is -2.74. The molecule has 2 N–H and O–H groups in total. The van der Waals surface area contributed by atoms with Crippen LogP contribution >= 0.6 is 11.3 Å². The van der Waals surface area contributed by atoms with E-state index < -0.39 is 11.2 Å². The highest BCUT2D eigenvalue weighted by Crippen LogP contribution is 2.26. The first-order chi connectivity index (χ1) is 11.9. The van der Waals surface area contributed by atoms with Crippen LogP contribution in [0.25, 0.3) is 11.0 Å². The van der Waals surface area contributed by atoms with Gasteiger partial charge in [-0.3, -0.25) is 19.1 Å². The Bertz CT molecular complexity index is 1030. The van der Waals surface area contributed by atoms with Crippen LogP contribution in [0.15, 0.2) is 39.2 Å². The second-order valence-electron chi connectivity index (χ2n) is 6.10. The van der Waals surface area contributed by atoms with E-state index in [-0.39, 0.29) is 34.6 Å². The van der Waals surface area contributed by atoms with Crippen LogP contribution in [-0.4, -0.2) is 20.4 Å². The third kappa shape index (κ3) is 3.25. The highest BCUT2D eigenvalue weighted by atomic mass is 32.1. The molecule has 0 radical (unpaired) electrons. The summed E-state index contributed by atoms with van der Waals surface area (Å²) in [5, 5.41) is 5.21. The Morgan fingerprint density at radius 3 is 2.68 bits per heavy atom. The molecule has 0 bridgehead atoms. The van der Waals surface area contributed by atoms with E-state index in [2.05, 4.69) is 15.3 Å². The van der Waals surface area contributed by atoms with E-state index in [1.807, 2.05) is 31.4 Å². The van der Waals surface area contributed by atoms with E-state index in [9.17, 15) is 14.4 Å². The van der Waals surface area contributed by atoms with Crippen molar-refractivity contribution < 1.29 is 4.79 Å². The van der Waals surface area contributed by atoms with E-state index in [4.69, 9.17) is 0 Å². The molecular formula is C17H18N4O3S. The third-order valence-corrected chi connectivity index (χ3v) is 4.95. The zero-order valence-electron chi connectivity index (χ0n) is 14.1. The Morgan fingerprint density at radius 1 is 1.28 bits per heavy atom. The van der Waals surface area contributed by atoms with E-state index in [0.29, 0.717) is 0 Å². The highest BCUT2D eigenvalue weighted by molar-refractivity contribution is 7.10. The van der Waals surface area contributed by atoms with Gasteiger partial charge < -0.3 is 5.32 Å². The lowest BCUT2D eigenvalue weighted by molar-refractivity contribution is 0.0921. The van der Waals surface area contributed by atoms with E-state index in [1.165, 1.54) is 23.7 Å². The summed E-state index contributed by atoms with van der Waals surface area (Å²) in [6.45, 7) is 4.06. The number of carbonyl (C=O) groups excluding carboxylic acids is 1. The van der Waals surface area contributed by atoms with Crippen LogP contribution in [-0.2, 0) is 7.05 Å². The fraction of sp³-hybridized carbons (Fsp3) is 0.294. The number of H-pyrrole nitrogens is 1. The van der Waals surface area contributed by atoms with Crippen LogP contribution in [0.1, 0.15) is 35.3 Å². The number of pyridine rings is 1. The number of hydrogen-bond donors (Lipinski definition) is 2. The maximum Gasteiger partial charge on any atom is 0.329 e. The van der Waals surface area contributed by atoms with Crippen molar-refractivity contribution in [3.8, 4) is 0 Å². The molecule has 3 aromatic heterocycles. The normalized spacial score (nSPS) is 12.5. The molecule has 0 saturated carbocycles. The molecule has 1 amide bonds. The van der Waals surface area contributed by atoms with Crippen molar-refractivity contribution >= 4 is 28.3 Å². The molecule has 25 heavy (non-hydrogen) atoms. The smallest absolute Gasteiger partial charge is 0.329 e. The zero-order valence-corrected chi connectivity index (χ0v) is 14.9. The Morgan fingerprint density at radius 2 is 2.04 bits per heavy atom. The number of nitrogens with one attached hydrogen (secondary N) is 2. The first kappa shape index (κ1) is 17.1. The van der Waals surface area contributed by atoms with Crippen molar-refractivity contribution in [3.63, 3.8) is 0 Å². The van der Waals surface area contributed by atoms with E-state index in [1.54, 1.807) is 11.3 Å². The molecular weight excluding hydrogens is 340 g/mol. The monoisotopic (exact) mass is 358 g/mol. The lowest BCUT2D eigenvalue weighted by Gasteiger charge is -2.21. The van der Waals surface area contributed by atoms with Crippen LogP contribution in [0.5, 0.6) is 0 Å². The Labute approximate surface area is 147 Å². The number of carbonyl (C=O) groups is 1. The molecule has 3 rings (SSSR count). The standard InChI is InChI=1S/C17H18N4O3S/c1-9(2)13(12-5-4-8-25-12)19-16(23)11-7-6-10-14(18-11)21(3)17(24)20-15(10)22/h4-9,13H,1-3H3,(H,19,23)(H,20,22,24)/t13-/m1/s1. The van der Waals surface area contributed by atoms with Gasteiger partial charge in [-0.25, -0.2) is 9.78 Å². The summed E-state index contributed by atoms with van der Waals surface area (Å²) in [5.41, 5.74) is -0.744. The van der Waals surface area contributed by atoms with Crippen LogP contribution in [0, 0.1) is 5.92 Å². The second kappa shape index (κ2) is 6.64. The topological polar surface area (TPSA) is 96.9 Å². The lowest BCUT2D eigenvalue weighted by Crippen LogP contribution is -2.33. The molecule has 130 valence electrons. The number of aryl methyl sites for hydroxylation is 1. The van der Waals surface area contributed by atoms with Crippen molar-refractivity contribution in [3.05, 3.63) is 61.1 Å². The van der Waals surface area contributed by atoms with Crippen LogP contribution in [0.3, 0.4) is 0 Å². The summed E-state index contributed by atoms with van der Waals surface area (Å²) in [6.07, 6.45) is 0. The molecule has 0 aliphatic carbocycles. The van der Waals surface area contributed by atoms with Crippen LogP contribution in [0.4, 0.5) is 0 Å². The molecule has 0 unspecified atom stereocenters. The number of aromatic nitrogens is 3. The minimum absolute atomic E-state index is 0.131. The average Bonchev–Trinajstić information content (AvgIpc) is 3.10. The number of aromatic amines is 1. The molecule has 0 aliphatic heterocycles. The summed E-state index contributed by atoms with van der Waals surface area (Å²) in [5.74, 6) is -0.142. The van der Waals surface area contributed by atoms with Crippen LogP contribution in [0.2, 0.25) is 0 Å². The van der Waals surface area contributed by atoms with Crippen molar-refractivity contribution in [1.29, 1.82) is 0 Å². The predicted octanol–water partition coefficient (Wildman–Crippen LogP) is 1.81. The summed E-state index contributed by atoms with van der Waals surface area (Å²) in [4.78, 5) is 43.7. The predicted molar refractivity (Wildman–Crippen MR) is 97.0 cm³/mol. The highest BCUT2D eigenvalue weighted by Gasteiger charge is 2.21. The first-order valence-corrected chi connectivity index (χ1v) is 8.70. The summed E-state index contributed by atoms with van der Waals surface area (Å²) in [7, 11) is 1.50. The molecule has 0 fully saturated rings. The van der Waals surface area contributed by atoms with E-state index in [0.717, 1.165) is 4.88 Å². The van der Waals surface area contributed by atoms with Gasteiger partial charge in [0.15, 0.2) is 0 Å². The van der Waals surface area contributed by atoms with Gasteiger partial charge >= 0.3 is 5.69 Å². The number of hydrogen-bond acceptors (Lipinski definition) is 5. The molecule has 0 spiro atoms. The fourth-order valence-corrected chi connectivity index (χ4v) is 3.55. The minimum atomic E-state index is -0.568. The summed E-state index contributed by atoms with van der Waals surface area (Å²) in [6, 6.07) is 6.78. The lowest BCUT2D eigenvalue weighted by atomic mass is 10.0. The maximum atomic E-state index is 12.6. The number of rotatable bonds is 4. The van der Waals surface area contributed by atoms with Crippen molar-refractivity contribution in [1.82, 2.24) is 19.9 Å². The van der Waals surface area contributed by atoms with Crippen molar-refractivity contribution in [2.75, 3.05) is 0 Å². The molecule has 7 nitrogen and oxygen atoms in total. The number of nitrogens with zero attached hydrogens (tertiary/aromatic N) is 2. The molecule has 0 saturated heterocycles. The Balaban J connectivity index is 1.98. The fourth-order valence-electron chi connectivity index (χ4n) is 2.60. The molecule has 1 atom stereocenters. The van der Waals surface area contributed by atoms with Gasteiger partial charge in [-0.2, -0.15) is 0 Å². The van der Waals surface area contributed by atoms with Gasteiger partial charge in [0.2, 0.25) is 0 Å². The summed E-state index contributed by atoms with van der Waals surface area (Å²) >= 11 is 1.58. The minimum Gasteiger partial charge on any atom is -0.343 e. The number of amides is 1. The maximum absolute atomic E-state index is 12.6. The van der Waals surface area contributed by atoms with Gasteiger partial charge in [0, 0.05) is 11.9 Å². The number of thiophene rings is 1. The number of fused-ring (bicyclic) bond motifs is 1. The quantitative estimate of drug-likeness (QED) is 0.743. The average molecular weight is 358 g/mol. The van der Waals surface area contributed by atoms with Gasteiger partial charge in [-0.1, -0.05) is 19.9 Å². The van der Waals surface area contributed by atoms with Gasteiger partial charge in [0.1, 0.15) is 11.3 Å². The SMILES string of the molecule is CC(C)[C@@H](NC(=O)c1ccc2c(=O)[nH]c(=O)n(C)c2n1)c1cccs1. The van der Waals surface area contributed by atoms with Crippen molar-refractivity contribution in [2.24, 2.45) is 13.0 Å². The molecule has 8 heteroatoms. The molecule has 0 aromatic carbocycles. The van der Waals surface area contributed by atoms with Crippen molar-refractivity contribution in [2.45, 2.75) is 19.9 Å². The van der Waals surface area contributed by atoms with Gasteiger partial charge in [0.05, 0.1) is 11.4 Å². The van der Waals surface area contributed by atoms with E-state index >= 15 is 0 Å². The second-order valence-corrected chi connectivity index (χ2v) is 7.08. The third-order valence-electron chi connectivity index (χ3n) is 4.00. The molecule has 3 aromatic rings. The van der Waals surface area contributed by atoms with Crippen LogP contribution < -0.4 is 16.6 Å². The summed E-state index contributed by atoms with van der Waals surface area (Å²) < 4.78 is 1.21. The first-order valence-electron chi connectivity index (χ1n) is 7.83. The zero-order chi connectivity index (χ0) is 18.1. The molecule has 0 aliphatic rings. The van der Waals surface area contributed by atoms with Gasteiger partial charge in [0.25, 0.3) is 11.5 Å².